The number of anilines is 1. The Kier molecular flexibility index (Phi) is 4.36. The molecular weight excluding hydrogens is 370 g/mol. The van der Waals surface area contributed by atoms with Crippen LogP contribution in [0.3, 0.4) is 0 Å². The van der Waals surface area contributed by atoms with Crippen LogP contribution in [0.25, 0.3) is 22.3 Å². The molecule has 5 rings (SSSR count). The lowest BCUT2D eigenvalue weighted by atomic mass is 10.0. The van der Waals surface area contributed by atoms with Crippen molar-refractivity contribution in [3.63, 3.8) is 0 Å². The van der Waals surface area contributed by atoms with Gasteiger partial charge in [0.15, 0.2) is 0 Å². The molecule has 0 bridgehead atoms. The maximum atomic E-state index is 12.0. The lowest BCUT2D eigenvalue weighted by Gasteiger charge is -2.17. The molecule has 1 aliphatic heterocycles. The second-order valence-electron chi connectivity index (χ2n) is 7.52. The van der Waals surface area contributed by atoms with E-state index in [-0.39, 0.29) is 5.91 Å². The zero-order valence-corrected chi connectivity index (χ0v) is 16.2. The van der Waals surface area contributed by atoms with Crippen molar-refractivity contribution in [2.45, 2.75) is 31.6 Å². The molecular formula is C23H20ClN3O. The van der Waals surface area contributed by atoms with Gasteiger partial charge in [-0.2, -0.15) is 0 Å². The lowest BCUT2D eigenvalue weighted by molar-refractivity contribution is -0.117. The van der Waals surface area contributed by atoms with Gasteiger partial charge in [0.25, 0.3) is 0 Å². The first-order valence-electron chi connectivity index (χ1n) is 9.71. The van der Waals surface area contributed by atoms with E-state index in [1.165, 1.54) is 18.5 Å². The molecule has 2 aliphatic rings. The van der Waals surface area contributed by atoms with Crippen LogP contribution < -0.4 is 4.90 Å². The quantitative estimate of drug-likeness (QED) is 0.594. The second kappa shape index (κ2) is 7.02. The Labute approximate surface area is 169 Å². The van der Waals surface area contributed by atoms with Crippen molar-refractivity contribution in [1.82, 2.24) is 9.97 Å². The molecule has 3 aromatic rings. The van der Waals surface area contributed by atoms with Crippen LogP contribution in [0.1, 0.15) is 37.3 Å². The van der Waals surface area contributed by atoms with E-state index in [2.05, 4.69) is 22.1 Å². The number of carbonyl (C=O) groups excluding carboxylic acids is 1. The first kappa shape index (κ1) is 17.4. The fourth-order valence-electron chi connectivity index (χ4n) is 3.80. The van der Waals surface area contributed by atoms with E-state index in [0.29, 0.717) is 17.4 Å². The van der Waals surface area contributed by atoms with Gasteiger partial charge in [0.2, 0.25) is 5.91 Å². The maximum Gasteiger partial charge on any atom is 0.227 e. The summed E-state index contributed by atoms with van der Waals surface area (Å²) in [5, 5.41) is 0.629. The van der Waals surface area contributed by atoms with E-state index in [4.69, 9.17) is 11.6 Å². The molecule has 5 heteroatoms. The SMILES string of the molecule is O=C1CCCN1c1ccc(-c2cncc(-c3ccnc(C4CC4)c3)c2)c(Cl)c1. The topological polar surface area (TPSA) is 46.1 Å². The molecule has 1 amide bonds. The van der Waals surface area contributed by atoms with Crippen molar-refractivity contribution in [3.8, 4) is 22.3 Å². The van der Waals surface area contributed by atoms with Gasteiger partial charge in [-0.05, 0) is 55.2 Å². The maximum absolute atomic E-state index is 12.0. The van der Waals surface area contributed by atoms with Crippen LogP contribution in [0.2, 0.25) is 5.02 Å². The van der Waals surface area contributed by atoms with E-state index in [0.717, 1.165) is 40.9 Å². The van der Waals surface area contributed by atoms with E-state index >= 15 is 0 Å². The van der Waals surface area contributed by atoms with Crippen molar-refractivity contribution in [2.75, 3.05) is 11.4 Å². The third-order valence-electron chi connectivity index (χ3n) is 5.50. The Balaban J connectivity index is 1.48. The Hall–Kier alpha value is -2.72. The Morgan fingerprint density at radius 1 is 1.00 bits per heavy atom. The Bertz CT molecular complexity index is 1060. The van der Waals surface area contributed by atoms with Crippen molar-refractivity contribution in [2.24, 2.45) is 0 Å². The van der Waals surface area contributed by atoms with Gasteiger partial charge in [-0.1, -0.05) is 17.7 Å². The molecule has 0 radical (unpaired) electrons. The number of halogens is 1. The van der Waals surface area contributed by atoms with E-state index in [1.54, 1.807) is 4.90 Å². The second-order valence-corrected chi connectivity index (χ2v) is 7.93. The van der Waals surface area contributed by atoms with Gasteiger partial charge in [-0.3, -0.25) is 14.8 Å². The van der Waals surface area contributed by atoms with Gasteiger partial charge in [-0.25, -0.2) is 0 Å². The first-order chi connectivity index (χ1) is 13.7. The molecule has 28 heavy (non-hydrogen) atoms. The average Bonchev–Trinajstić information content (AvgIpc) is 3.49. The fourth-order valence-corrected chi connectivity index (χ4v) is 4.09. The van der Waals surface area contributed by atoms with Gasteiger partial charge >= 0.3 is 0 Å². The molecule has 2 aromatic heterocycles. The highest BCUT2D eigenvalue weighted by Gasteiger charge is 2.25. The minimum atomic E-state index is 0.164. The van der Waals surface area contributed by atoms with Crippen molar-refractivity contribution in [1.29, 1.82) is 0 Å². The third-order valence-corrected chi connectivity index (χ3v) is 5.81. The van der Waals surface area contributed by atoms with Gasteiger partial charge in [0, 0.05) is 65.5 Å². The summed E-state index contributed by atoms with van der Waals surface area (Å²) in [5.74, 6) is 0.781. The Morgan fingerprint density at radius 2 is 1.86 bits per heavy atom. The number of hydrogen-bond donors (Lipinski definition) is 0. The van der Waals surface area contributed by atoms with Crippen LogP contribution in [0.4, 0.5) is 5.69 Å². The largest absolute Gasteiger partial charge is 0.312 e. The average molecular weight is 390 g/mol. The molecule has 1 saturated heterocycles. The summed E-state index contributed by atoms with van der Waals surface area (Å²) in [7, 11) is 0. The predicted octanol–water partition coefficient (Wildman–Crippen LogP) is 5.47. The van der Waals surface area contributed by atoms with Gasteiger partial charge in [0.1, 0.15) is 0 Å². The first-order valence-corrected chi connectivity index (χ1v) is 10.1. The van der Waals surface area contributed by atoms with Crippen molar-refractivity contribution in [3.05, 3.63) is 65.7 Å². The van der Waals surface area contributed by atoms with E-state index in [1.807, 2.05) is 42.9 Å². The lowest BCUT2D eigenvalue weighted by Crippen LogP contribution is -2.23. The number of rotatable bonds is 4. The number of nitrogens with zero attached hydrogens (tertiary/aromatic N) is 3. The van der Waals surface area contributed by atoms with Gasteiger partial charge < -0.3 is 4.90 Å². The normalized spacial score (nSPS) is 16.6. The highest BCUT2D eigenvalue weighted by molar-refractivity contribution is 6.33. The number of pyridine rings is 2. The summed E-state index contributed by atoms with van der Waals surface area (Å²) >= 11 is 6.59. The molecule has 1 saturated carbocycles. The minimum Gasteiger partial charge on any atom is -0.312 e. The Morgan fingerprint density at radius 3 is 2.61 bits per heavy atom. The molecule has 1 aliphatic carbocycles. The zero-order valence-electron chi connectivity index (χ0n) is 15.4. The molecule has 0 atom stereocenters. The molecule has 0 N–H and O–H groups in total. The summed E-state index contributed by atoms with van der Waals surface area (Å²) in [4.78, 5) is 22.7. The van der Waals surface area contributed by atoms with Gasteiger partial charge in [-0.15, -0.1) is 0 Å². The van der Waals surface area contributed by atoms with E-state index in [9.17, 15) is 4.79 Å². The van der Waals surface area contributed by atoms with Crippen LogP contribution in [0.15, 0.2) is 55.0 Å². The standard InChI is InChI=1S/C23H20ClN3O/c24-21-12-19(27-9-1-2-23(27)28)5-6-20(21)18-10-17(13-25-14-18)16-7-8-26-22(11-16)15-3-4-15/h5-8,10-15H,1-4,9H2. The summed E-state index contributed by atoms with van der Waals surface area (Å²) in [6.45, 7) is 0.761. The van der Waals surface area contributed by atoms with Crippen LogP contribution in [0.5, 0.6) is 0 Å². The van der Waals surface area contributed by atoms with Crippen LogP contribution in [-0.4, -0.2) is 22.4 Å². The molecule has 140 valence electrons. The molecule has 0 spiro atoms. The fraction of sp³-hybridized carbons (Fsp3) is 0.261. The minimum absolute atomic E-state index is 0.164. The van der Waals surface area contributed by atoms with Crippen molar-refractivity contribution < 1.29 is 4.79 Å². The van der Waals surface area contributed by atoms with Crippen molar-refractivity contribution >= 4 is 23.2 Å². The summed E-state index contributed by atoms with van der Waals surface area (Å²) in [5.41, 5.74) is 6.09. The molecule has 1 aromatic carbocycles. The van der Waals surface area contributed by atoms with E-state index < -0.39 is 0 Å². The highest BCUT2D eigenvalue weighted by Crippen LogP contribution is 2.40. The predicted molar refractivity (Wildman–Crippen MR) is 111 cm³/mol. The van der Waals surface area contributed by atoms with Gasteiger partial charge in [0.05, 0.1) is 5.02 Å². The number of hydrogen-bond acceptors (Lipinski definition) is 3. The smallest absolute Gasteiger partial charge is 0.227 e. The number of benzene rings is 1. The van der Waals surface area contributed by atoms with Crippen LogP contribution in [0, 0.1) is 0 Å². The number of carbonyl (C=O) groups is 1. The van der Waals surface area contributed by atoms with Crippen LogP contribution in [-0.2, 0) is 4.79 Å². The summed E-state index contributed by atoms with van der Waals surface area (Å²) < 4.78 is 0. The number of amides is 1. The number of aromatic nitrogens is 2. The highest BCUT2D eigenvalue weighted by atomic mass is 35.5. The third kappa shape index (κ3) is 3.29. The zero-order chi connectivity index (χ0) is 19.1. The molecule has 0 unspecified atom stereocenters. The monoisotopic (exact) mass is 389 g/mol. The molecule has 4 nitrogen and oxygen atoms in total. The molecule has 2 fully saturated rings. The summed E-state index contributed by atoms with van der Waals surface area (Å²) in [6.07, 6.45) is 9.56. The summed E-state index contributed by atoms with van der Waals surface area (Å²) in [6, 6.07) is 12.1. The molecule has 3 heterocycles. The van der Waals surface area contributed by atoms with Crippen LogP contribution >= 0.6 is 11.6 Å².